The van der Waals surface area contributed by atoms with Gasteiger partial charge in [0, 0.05) is 6.04 Å². The van der Waals surface area contributed by atoms with Crippen LogP contribution in [0.1, 0.15) is 30.8 Å². The van der Waals surface area contributed by atoms with Gasteiger partial charge in [-0.15, -0.1) is 0 Å². The van der Waals surface area contributed by atoms with Crippen LogP contribution in [0.25, 0.3) is 0 Å². The molecule has 108 valence electrons. The summed E-state index contributed by atoms with van der Waals surface area (Å²) in [5.74, 6) is 1.66. The van der Waals surface area contributed by atoms with E-state index in [9.17, 15) is 5.11 Å². The summed E-state index contributed by atoms with van der Waals surface area (Å²) in [5, 5.41) is 13.8. The third-order valence-electron chi connectivity index (χ3n) is 3.40. The average molecular weight is 275 g/mol. The summed E-state index contributed by atoms with van der Waals surface area (Å²) in [6.45, 7) is 2.66. The number of furan rings is 1. The first-order valence-corrected chi connectivity index (χ1v) is 6.82. The van der Waals surface area contributed by atoms with Gasteiger partial charge >= 0.3 is 0 Å². The van der Waals surface area contributed by atoms with E-state index in [1.807, 2.05) is 43.3 Å². The smallest absolute Gasteiger partial charge is 0.118 e. The first-order valence-electron chi connectivity index (χ1n) is 6.82. The number of benzene rings is 1. The summed E-state index contributed by atoms with van der Waals surface area (Å²) in [7, 11) is 1.63. The Kier molecular flexibility index (Phi) is 5.21. The highest BCUT2D eigenvalue weighted by Gasteiger charge is 2.19. The van der Waals surface area contributed by atoms with E-state index < -0.39 is 6.10 Å². The minimum Gasteiger partial charge on any atom is -0.497 e. The van der Waals surface area contributed by atoms with Gasteiger partial charge in [-0.05, 0) is 36.2 Å². The Labute approximate surface area is 119 Å². The second-order valence-corrected chi connectivity index (χ2v) is 4.69. The van der Waals surface area contributed by atoms with Crippen LogP contribution in [-0.4, -0.2) is 18.3 Å². The first-order chi connectivity index (χ1) is 9.74. The van der Waals surface area contributed by atoms with Crippen molar-refractivity contribution in [2.24, 2.45) is 0 Å². The molecule has 1 aromatic carbocycles. The van der Waals surface area contributed by atoms with Crippen molar-refractivity contribution in [3.05, 3.63) is 54.0 Å². The van der Waals surface area contributed by atoms with Crippen LogP contribution in [0.3, 0.4) is 0 Å². The minimum absolute atomic E-state index is 0.0199. The van der Waals surface area contributed by atoms with Crippen molar-refractivity contribution in [2.45, 2.75) is 32.0 Å². The van der Waals surface area contributed by atoms with Gasteiger partial charge in [0.15, 0.2) is 0 Å². The van der Waals surface area contributed by atoms with Gasteiger partial charge in [-0.25, -0.2) is 0 Å². The van der Waals surface area contributed by atoms with E-state index in [4.69, 9.17) is 9.15 Å². The van der Waals surface area contributed by atoms with Crippen molar-refractivity contribution in [3.8, 4) is 5.75 Å². The maximum Gasteiger partial charge on any atom is 0.118 e. The van der Waals surface area contributed by atoms with Crippen LogP contribution >= 0.6 is 0 Å². The lowest BCUT2D eigenvalue weighted by molar-refractivity contribution is 0.124. The molecule has 2 rings (SSSR count). The van der Waals surface area contributed by atoms with E-state index in [1.54, 1.807) is 13.4 Å². The fraction of sp³-hybridized carbons (Fsp3) is 0.375. The van der Waals surface area contributed by atoms with Crippen molar-refractivity contribution in [3.63, 3.8) is 0 Å². The molecule has 2 N–H and O–H groups in total. The lowest BCUT2D eigenvalue weighted by Crippen LogP contribution is -2.33. The van der Waals surface area contributed by atoms with E-state index in [1.165, 1.54) is 0 Å². The third-order valence-corrected chi connectivity index (χ3v) is 3.40. The van der Waals surface area contributed by atoms with Crippen molar-refractivity contribution in [1.82, 2.24) is 5.32 Å². The molecule has 2 atom stereocenters. The molecule has 1 heterocycles. The fourth-order valence-electron chi connectivity index (χ4n) is 2.16. The monoisotopic (exact) mass is 275 g/mol. The molecule has 4 heteroatoms. The van der Waals surface area contributed by atoms with Gasteiger partial charge < -0.3 is 19.6 Å². The normalized spacial score (nSPS) is 13.9. The SMILES string of the molecule is CCC(NCc1ccco1)C(O)c1ccc(OC)cc1. The van der Waals surface area contributed by atoms with Gasteiger partial charge in [0.2, 0.25) is 0 Å². The summed E-state index contributed by atoms with van der Waals surface area (Å²) in [6, 6.07) is 11.3. The molecule has 0 radical (unpaired) electrons. The number of aliphatic hydroxyl groups excluding tert-OH is 1. The predicted molar refractivity (Wildman–Crippen MR) is 77.6 cm³/mol. The number of aliphatic hydroxyl groups is 1. The molecule has 0 aliphatic rings. The van der Waals surface area contributed by atoms with Crippen molar-refractivity contribution < 1.29 is 14.3 Å². The first kappa shape index (κ1) is 14.6. The van der Waals surface area contributed by atoms with Crippen LogP contribution in [0, 0.1) is 0 Å². The van der Waals surface area contributed by atoms with Crippen LogP contribution in [-0.2, 0) is 6.54 Å². The van der Waals surface area contributed by atoms with Gasteiger partial charge in [-0.1, -0.05) is 19.1 Å². The van der Waals surface area contributed by atoms with Gasteiger partial charge in [0.25, 0.3) is 0 Å². The van der Waals surface area contributed by atoms with Crippen LogP contribution < -0.4 is 10.1 Å². The Hall–Kier alpha value is -1.78. The topological polar surface area (TPSA) is 54.6 Å². The number of hydrogen-bond acceptors (Lipinski definition) is 4. The maximum atomic E-state index is 10.4. The Morgan fingerprint density at radius 3 is 2.55 bits per heavy atom. The molecule has 2 unspecified atom stereocenters. The molecule has 0 amide bonds. The lowest BCUT2D eigenvalue weighted by atomic mass is 10.00. The maximum absolute atomic E-state index is 10.4. The summed E-state index contributed by atoms with van der Waals surface area (Å²) in [6.07, 6.45) is 1.92. The number of rotatable bonds is 7. The molecule has 0 saturated carbocycles. The Balaban J connectivity index is 1.98. The van der Waals surface area contributed by atoms with Crippen molar-refractivity contribution >= 4 is 0 Å². The molecule has 0 bridgehead atoms. The largest absolute Gasteiger partial charge is 0.497 e. The third kappa shape index (κ3) is 3.62. The summed E-state index contributed by atoms with van der Waals surface area (Å²) in [5.41, 5.74) is 0.879. The van der Waals surface area contributed by atoms with E-state index in [2.05, 4.69) is 5.32 Å². The van der Waals surface area contributed by atoms with Crippen molar-refractivity contribution in [1.29, 1.82) is 0 Å². The van der Waals surface area contributed by atoms with Crippen LogP contribution in [0.5, 0.6) is 5.75 Å². The van der Waals surface area contributed by atoms with E-state index in [0.29, 0.717) is 6.54 Å². The molecule has 4 nitrogen and oxygen atoms in total. The average Bonchev–Trinajstić information content (AvgIpc) is 3.01. The molecule has 0 aliphatic carbocycles. The number of methoxy groups -OCH3 is 1. The number of nitrogens with one attached hydrogen (secondary N) is 1. The zero-order valence-electron chi connectivity index (χ0n) is 11.9. The number of hydrogen-bond donors (Lipinski definition) is 2. The lowest BCUT2D eigenvalue weighted by Gasteiger charge is -2.23. The molecule has 0 fully saturated rings. The fourth-order valence-corrected chi connectivity index (χ4v) is 2.16. The Bertz CT molecular complexity index is 493. The standard InChI is InChI=1S/C16H21NO3/c1-3-15(17-11-14-5-4-10-20-14)16(18)12-6-8-13(19-2)9-7-12/h4-10,15-18H,3,11H2,1-2H3. The van der Waals surface area contributed by atoms with E-state index >= 15 is 0 Å². The molecule has 20 heavy (non-hydrogen) atoms. The van der Waals surface area contributed by atoms with Gasteiger partial charge in [0.05, 0.1) is 26.0 Å². The van der Waals surface area contributed by atoms with Crippen LogP contribution in [0.4, 0.5) is 0 Å². The van der Waals surface area contributed by atoms with Gasteiger partial charge in [-0.2, -0.15) is 0 Å². The number of ether oxygens (including phenoxy) is 1. The highest BCUT2D eigenvalue weighted by molar-refractivity contribution is 5.29. The highest BCUT2D eigenvalue weighted by Crippen LogP contribution is 2.22. The predicted octanol–water partition coefficient (Wildman–Crippen LogP) is 2.89. The molecule has 1 aromatic heterocycles. The second kappa shape index (κ2) is 7.12. The zero-order valence-corrected chi connectivity index (χ0v) is 11.9. The second-order valence-electron chi connectivity index (χ2n) is 4.69. The zero-order chi connectivity index (χ0) is 14.4. The Morgan fingerprint density at radius 2 is 2.00 bits per heavy atom. The van der Waals surface area contributed by atoms with E-state index in [-0.39, 0.29) is 6.04 Å². The van der Waals surface area contributed by atoms with Gasteiger partial charge in [0.1, 0.15) is 11.5 Å². The minimum atomic E-state index is -0.555. The van der Waals surface area contributed by atoms with Crippen LogP contribution in [0.15, 0.2) is 47.1 Å². The molecular weight excluding hydrogens is 254 g/mol. The summed E-state index contributed by atoms with van der Waals surface area (Å²) in [4.78, 5) is 0. The van der Waals surface area contributed by atoms with Gasteiger partial charge in [-0.3, -0.25) is 0 Å². The quantitative estimate of drug-likeness (QED) is 0.816. The summed E-state index contributed by atoms with van der Waals surface area (Å²) >= 11 is 0. The molecule has 0 aliphatic heterocycles. The van der Waals surface area contributed by atoms with Crippen molar-refractivity contribution in [2.75, 3.05) is 7.11 Å². The highest BCUT2D eigenvalue weighted by atomic mass is 16.5. The molecule has 0 saturated heterocycles. The molecular formula is C16H21NO3. The van der Waals surface area contributed by atoms with Crippen LogP contribution in [0.2, 0.25) is 0 Å². The molecule has 0 spiro atoms. The van der Waals surface area contributed by atoms with E-state index in [0.717, 1.165) is 23.5 Å². The summed E-state index contributed by atoms with van der Waals surface area (Å²) < 4.78 is 10.4. The molecule has 2 aromatic rings. The Morgan fingerprint density at radius 1 is 1.25 bits per heavy atom.